The van der Waals surface area contributed by atoms with Crippen molar-refractivity contribution in [2.24, 2.45) is 0 Å². The van der Waals surface area contributed by atoms with E-state index in [4.69, 9.17) is 5.26 Å². The van der Waals surface area contributed by atoms with Gasteiger partial charge in [-0.1, -0.05) is 18.2 Å². The van der Waals surface area contributed by atoms with Gasteiger partial charge in [-0.25, -0.2) is 13.4 Å². The van der Waals surface area contributed by atoms with E-state index in [0.29, 0.717) is 24.3 Å². The van der Waals surface area contributed by atoms with Gasteiger partial charge >= 0.3 is 0 Å². The minimum Gasteiger partial charge on any atom is -0.369 e. The molecule has 6 heteroatoms. The predicted octanol–water partition coefficient (Wildman–Crippen LogP) is 1.95. The molecule has 0 saturated heterocycles. The zero-order valence-corrected chi connectivity index (χ0v) is 11.9. The van der Waals surface area contributed by atoms with Crippen LogP contribution in [0.3, 0.4) is 0 Å². The molecule has 1 aromatic heterocycles. The van der Waals surface area contributed by atoms with Crippen LogP contribution in [0.2, 0.25) is 0 Å². The lowest BCUT2D eigenvalue weighted by Crippen LogP contribution is -2.11. The Morgan fingerprint density at radius 2 is 2.10 bits per heavy atom. The summed E-state index contributed by atoms with van der Waals surface area (Å²) in [6, 6.07) is 11.4. The molecule has 2 aromatic rings. The molecule has 0 spiro atoms. The number of hydrogen-bond donors (Lipinski definition) is 1. The van der Waals surface area contributed by atoms with Gasteiger partial charge in [-0.15, -0.1) is 0 Å². The van der Waals surface area contributed by atoms with E-state index >= 15 is 0 Å². The number of benzene rings is 1. The molecule has 0 fully saturated rings. The van der Waals surface area contributed by atoms with Crippen LogP contribution in [0.5, 0.6) is 0 Å². The fourth-order valence-corrected chi connectivity index (χ4v) is 2.55. The molecule has 0 amide bonds. The lowest BCUT2D eigenvalue weighted by molar-refractivity contribution is 0.600. The van der Waals surface area contributed by atoms with Crippen LogP contribution in [0.4, 0.5) is 5.82 Å². The second-order valence-corrected chi connectivity index (χ2v) is 6.86. The van der Waals surface area contributed by atoms with E-state index in [1.807, 2.05) is 24.3 Å². The molecule has 0 unspecified atom stereocenters. The third-order valence-corrected chi connectivity index (χ3v) is 3.86. The van der Waals surface area contributed by atoms with Gasteiger partial charge in [-0.2, -0.15) is 5.26 Å². The lowest BCUT2D eigenvalue weighted by Gasteiger charge is -2.08. The van der Waals surface area contributed by atoms with E-state index in [0.717, 1.165) is 10.9 Å². The maximum absolute atomic E-state index is 11.0. The quantitative estimate of drug-likeness (QED) is 0.851. The number of fused-ring (bicyclic) bond motifs is 1. The van der Waals surface area contributed by atoms with Crippen molar-refractivity contribution in [1.82, 2.24) is 4.98 Å². The van der Waals surface area contributed by atoms with Gasteiger partial charge in [0.15, 0.2) is 0 Å². The summed E-state index contributed by atoms with van der Waals surface area (Å²) < 4.78 is 22.1. The van der Waals surface area contributed by atoms with Gasteiger partial charge in [0.05, 0.1) is 16.8 Å². The minimum absolute atomic E-state index is 0.121. The molecule has 20 heavy (non-hydrogen) atoms. The molecule has 0 atom stereocenters. The first-order valence-electron chi connectivity index (χ1n) is 6.21. The fraction of sp³-hybridized carbons (Fsp3) is 0.286. The molecule has 1 N–H and O–H groups in total. The third kappa shape index (κ3) is 3.68. The monoisotopic (exact) mass is 289 g/mol. The highest BCUT2D eigenvalue weighted by atomic mass is 32.2. The zero-order valence-electron chi connectivity index (χ0n) is 11.1. The highest BCUT2D eigenvalue weighted by molar-refractivity contribution is 7.90. The summed E-state index contributed by atoms with van der Waals surface area (Å²) in [6.07, 6.45) is 1.69. The highest BCUT2D eigenvalue weighted by Gasteiger charge is 2.07. The second kappa shape index (κ2) is 5.88. The van der Waals surface area contributed by atoms with Crippen molar-refractivity contribution < 1.29 is 8.42 Å². The number of sulfone groups is 1. The first-order valence-corrected chi connectivity index (χ1v) is 8.27. The summed E-state index contributed by atoms with van der Waals surface area (Å²) in [5.41, 5.74) is 1.26. The Morgan fingerprint density at radius 1 is 1.35 bits per heavy atom. The summed E-state index contributed by atoms with van der Waals surface area (Å²) in [6.45, 7) is 0.465. The Kier molecular flexibility index (Phi) is 4.20. The molecule has 0 saturated carbocycles. The summed E-state index contributed by atoms with van der Waals surface area (Å²) >= 11 is 0. The van der Waals surface area contributed by atoms with Crippen molar-refractivity contribution in [2.45, 2.75) is 6.42 Å². The van der Waals surface area contributed by atoms with Crippen LogP contribution in [0.1, 0.15) is 12.0 Å². The molecule has 1 aromatic carbocycles. The number of nitriles is 1. The molecule has 0 aliphatic carbocycles. The van der Waals surface area contributed by atoms with Crippen LogP contribution in [-0.4, -0.2) is 32.0 Å². The van der Waals surface area contributed by atoms with E-state index < -0.39 is 9.84 Å². The number of aromatic nitrogens is 1. The van der Waals surface area contributed by atoms with Crippen molar-refractivity contribution >= 4 is 26.6 Å². The summed E-state index contributed by atoms with van der Waals surface area (Å²) in [7, 11) is -2.95. The van der Waals surface area contributed by atoms with Crippen molar-refractivity contribution in [3.8, 4) is 6.07 Å². The highest BCUT2D eigenvalue weighted by Crippen LogP contribution is 2.19. The van der Waals surface area contributed by atoms with Crippen LogP contribution in [0.15, 0.2) is 30.3 Å². The molecule has 0 aliphatic rings. The lowest BCUT2D eigenvalue weighted by atomic mass is 10.1. The van der Waals surface area contributed by atoms with Crippen molar-refractivity contribution in [1.29, 1.82) is 5.26 Å². The zero-order chi connectivity index (χ0) is 14.6. The van der Waals surface area contributed by atoms with Gasteiger partial charge in [-0.3, -0.25) is 0 Å². The molecule has 2 rings (SSSR count). The van der Waals surface area contributed by atoms with Crippen molar-refractivity contribution in [3.05, 3.63) is 35.9 Å². The first-order chi connectivity index (χ1) is 9.49. The van der Waals surface area contributed by atoms with E-state index in [-0.39, 0.29) is 5.75 Å². The smallest absolute Gasteiger partial charge is 0.147 e. The molecule has 0 radical (unpaired) electrons. The van der Waals surface area contributed by atoms with Gasteiger partial charge in [0, 0.05) is 18.2 Å². The molecule has 5 nitrogen and oxygen atoms in total. The molecule has 0 aliphatic heterocycles. The normalized spacial score (nSPS) is 11.2. The SMILES string of the molecule is CS(=O)(=O)CCCNc1nc2ccccc2cc1C#N. The van der Waals surface area contributed by atoms with Gasteiger partial charge in [0.2, 0.25) is 0 Å². The number of rotatable bonds is 5. The predicted molar refractivity (Wildman–Crippen MR) is 79.3 cm³/mol. The standard InChI is InChI=1S/C14H15N3O2S/c1-20(18,19)8-4-7-16-14-12(10-15)9-11-5-2-3-6-13(11)17-14/h2-3,5-6,9H,4,7-8H2,1H3,(H,16,17). The Bertz CT molecular complexity index is 764. The number of hydrogen-bond acceptors (Lipinski definition) is 5. The molecular weight excluding hydrogens is 274 g/mol. The average Bonchev–Trinajstić information content (AvgIpc) is 2.41. The Hall–Kier alpha value is -2.13. The van der Waals surface area contributed by atoms with E-state index in [1.54, 1.807) is 6.07 Å². The Balaban J connectivity index is 2.15. The third-order valence-electron chi connectivity index (χ3n) is 2.83. The van der Waals surface area contributed by atoms with E-state index in [9.17, 15) is 8.42 Å². The summed E-state index contributed by atoms with van der Waals surface area (Å²) in [5.74, 6) is 0.620. The fourth-order valence-electron chi connectivity index (χ4n) is 1.88. The van der Waals surface area contributed by atoms with Crippen molar-refractivity contribution in [2.75, 3.05) is 23.9 Å². The maximum atomic E-state index is 11.0. The van der Waals surface area contributed by atoms with Gasteiger partial charge < -0.3 is 5.32 Å². The number of para-hydroxylation sites is 1. The molecule has 1 heterocycles. The van der Waals surface area contributed by atoms with Crippen LogP contribution in [0.25, 0.3) is 10.9 Å². The van der Waals surface area contributed by atoms with Crippen LogP contribution < -0.4 is 5.32 Å². The van der Waals surface area contributed by atoms with E-state index in [1.165, 1.54) is 6.26 Å². The minimum atomic E-state index is -2.95. The average molecular weight is 289 g/mol. The second-order valence-electron chi connectivity index (χ2n) is 4.60. The Labute approximate surface area is 118 Å². The van der Waals surface area contributed by atoms with Crippen LogP contribution in [-0.2, 0) is 9.84 Å². The van der Waals surface area contributed by atoms with Crippen LogP contribution >= 0.6 is 0 Å². The van der Waals surface area contributed by atoms with Crippen molar-refractivity contribution in [3.63, 3.8) is 0 Å². The topological polar surface area (TPSA) is 82.8 Å². The van der Waals surface area contributed by atoms with Gasteiger partial charge in [0.1, 0.15) is 21.7 Å². The largest absolute Gasteiger partial charge is 0.369 e. The number of anilines is 1. The molecule has 0 bridgehead atoms. The Morgan fingerprint density at radius 3 is 2.80 bits per heavy atom. The van der Waals surface area contributed by atoms with Crippen LogP contribution in [0, 0.1) is 11.3 Å². The number of nitrogens with zero attached hydrogens (tertiary/aromatic N) is 2. The maximum Gasteiger partial charge on any atom is 0.147 e. The van der Waals surface area contributed by atoms with E-state index in [2.05, 4.69) is 16.4 Å². The summed E-state index contributed by atoms with van der Waals surface area (Å²) in [4.78, 5) is 4.40. The molecular formula is C14H15N3O2S. The number of nitrogens with one attached hydrogen (secondary N) is 1. The molecule has 104 valence electrons. The number of pyridine rings is 1. The summed E-state index contributed by atoms with van der Waals surface area (Å²) in [5, 5.41) is 13.1. The first kappa shape index (κ1) is 14.3. The van der Waals surface area contributed by atoms with Gasteiger partial charge in [0.25, 0.3) is 0 Å². The van der Waals surface area contributed by atoms with Gasteiger partial charge in [-0.05, 0) is 18.6 Å².